The average molecular weight is 252 g/mol. The molecule has 1 fully saturated rings. The predicted molar refractivity (Wildman–Crippen MR) is 70.3 cm³/mol. The van der Waals surface area contributed by atoms with Crippen LogP contribution in [0.4, 0.5) is 4.39 Å². The van der Waals surface area contributed by atoms with Crippen molar-refractivity contribution in [2.24, 2.45) is 0 Å². The Bertz CT molecular complexity index is 376. The van der Waals surface area contributed by atoms with Crippen LogP contribution in [0.2, 0.25) is 0 Å². The van der Waals surface area contributed by atoms with Crippen LogP contribution in [0.25, 0.3) is 0 Å². The van der Waals surface area contributed by atoms with Gasteiger partial charge < -0.3 is 10.1 Å². The lowest BCUT2D eigenvalue weighted by molar-refractivity contribution is 0.283. The topological polar surface area (TPSA) is 24.5 Å². The summed E-state index contributed by atoms with van der Waals surface area (Å²) in [5.74, 6) is 0.0843. The fraction of sp³-hybridized carbons (Fsp3) is 0.571. The van der Waals surface area contributed by atoms with Crippen LogP contribution in [-0.2, 0) is 6.54 Å². The molecular formula is C14H21FN2O. The van der Waals surface area contributed by atoms with Crippen molar-refractivity contribution in [3.63, 3.8) is 0 Å². The van der Waals surface area contributed by atoms with Gasteiger partial charge in [0.25, 0.3) is 0 Å². The van der Waals surface area contributed by atoms with Gasteiger partial charge in [0, 0.05) is 19.6 Å². The molecule has 0 saturated carbocycles. The largest absolute Gasteiger partial charge is 0.491 e. The molecule has 18 heavy (non-hydrogen) atoms. The lowest BCUT2D eigenvalue weighted by Crippen LogP contribution is -2.27. The Morgan fingerprint density at radius 2 is 2.22 bits per heavy atom. The van der Waals surface area contributed by atoms with E-state index >= 15 is 0 Å². The zero-order valence-electron chi connectivity index (χ0n) is 10.9. The summed E-state index contributed by atoms with van der Waals surface area (Å²) in [7, 11) is 0. The summed E-state index contributed by atoms with van der Waals surface area (Å²) in [5, 5.41) is 3.36. The fourth-order valence-corrected chi connectivity index (χ4v) is 2.23. The van der Waals surface area contributed by atoms with Gasteiger partial charge in [0.2, 0.25) is 0 Å². The highest BCUT2D eigenvalue weighted by molar-refractivity contribution is 5.29. The van der Waals surface area contributed by atoms with Crippen molar-refractivity contribution < 1.29 is 9.13 Å². The summed E-state index contributed by atoms with van der Waals surface area (Å²) >= 11 is 0. The second-order valence-electron chi connectivity index (χ2n) is 4.58. The Balaban J connectivity index is 1.98. The van der Waals surface area contributed by atoms with Gasteiger partial charge in [0.05, 0.1) is 6.61 Å². The maximum Gasteiger partial charge on any atom is 0.165 e. The van der Waals surface area contributed by atoms with Crippen LogP contribution in [0.1, 0.15) is 18.9 Å². The summed E-state index contributed by atoms with van der Waals surface area (Å²) < 4.78 is 18.9. The zero-order valence-corrected chi connectivity index (χ0v) is 10.9. The van der Waals surface area contributed by atoms with Crippen LogP contribution in [0, 0.1) is 5.82 Å². The highest BCUT2D eigenvalue weighted by Gasteiger charge is 2.10. The van der Waals surface area contributed by atoms with Gasteiger partial charge in [0.15, 0.2) is 11.6 Å². The molecule has 1 N–H and O–H groups in total. The molecule has 1 aliphatic heterocycles. The number of halogens is 1. The van der Waals surface area contributed by atoms with Crippen LogP contribution in [-0.4, -0.2) is 37.7 Å². The normalized spacial score (nSPS) is 17.4. The standard InChI is InChI=1S/C14H21FN2O/c1-2-18-14-5-4-12(10-13(14)15)11-17-8-3-6-16-7-9-17/h4-5,10,16H,2-3,6-9,11H2,1H3. The molecule has 0 bridgehead atoms. The molecule has 4 heteroatoms. The van der Waals surface area contributed by atoms with Crippen LogP contribution in [0.3, 0.4) is 0 Å². The second kappa shape index (κ2) is 6.71. The Hall–Kier alpha value is -1.13. The van der Waals surface area contributed by atoms with Gasteiger partial charge in [-0.05, 0) is 44.1 Å². The van der Waals surface area contributed by atoms with E-state index < -0.39 is 0 Å². The maximum absolute atomic E-state index is 13.7. The summed E-state index contributed by atoms with van der Waals surface area (Å²) in [4.78, 5) is 2.36. The van der Waals surface area contributed by atoms with E-state index in [-0.39, 0.29) is 5.82 Å². The van der Waals surface area contributed by atoms with Gasteiger partial charge in [-0.25, -0.2) is 4.39 Å². The molecule has 2 rings (SSSR count). The molecule has 0 aromatic heterocycles. The molecule has 0 unspecified atom stereocenters. The van der Waals surface area contributed by atoms with Gasteiger partial charge in [-0.15, -0.1) is 0 Å². The monoisotopic (exact) mass is 252 g/mol. The number of benzene rings is 1. The number of ether oxygens (including phenoxy) is 1. The van der Waals surface area contributed by atoms with Crippen molar-refractivity contribution in [3.05, 3.63) is 29.6 Å². The third kappa shape index (κ3) is 3.68. The Morgan fingerprint density at radius 3 is 3.00 bits per heavy atom. The van der Waals surface area contributed by atoms with Gasteiger partial charge in [-0.3, -0.25) is 4.90 Å². The maximum atomic E-state index is 13.7. The highest BCUT2D eigenvalue weighted by atomic mass is 19.1. The van der Waals surface area contributed by atoms with Crippen molar-refractivity contribution in [1.29, 1.82) is 0 Å². The SMILES string of the molecule is CCOc1ccc(CN2CCCNCC2)cc1F. The quantitative estimate of drug-likeness (QED) is 0.887. The number of hydrogen-bond donors (Lipinski definition) is 1. The molecule has 1 aromatic rings. The molecule has 0 spiro atoms. The second-order valence-corrected chi connectivity index (χ2v) is 4.58. The van der Waals surface area contributed by atoms with Crippen LogP contribution in [0.5, 0.6) is 5.75 Å². The first-order chi connectivity index (χ1) is 8.79. The van der Waals surface area contributed by atoms with Crippen LogP contribution >= 0.6 is 0 Å². The van der Waals surface area contributed by atoms with E-state index in [1.54, 1.807) is 12.1 Å². The molecule has 0 radical (unpaired) electrons. The van der Waals surface area contributed by atoms with Gasteiger partial charge >= 0.3 is 0 Å². The Morgan fingerprint density at radius 1 is 1.33 bits per heavy atom. The Labute approximate surface area is 108 Å². The minimum Gasteiger partial charge on any atom is -0.491 e. The minimum absolute atomic E-state index is 0.262. The predicted octanol–water partition coefficient (Wildman–Crippen LogP) is 2.02. The average Bonchev–Trinajstić information content (AvgIpc) is 2.61. The first-order valence-corrected chi connectivity index (χ1v) is 6.64. The first-order valence-electron chi connectivity index (χ1n) is 6.64. The van der Waals surface area contributed by atoms with Gasteiger partial charge in [0.1, 0.15) is 0 Å². The summed E-state index contributed by atoms with van der Waals surface area (Å²) in [6.07, 6.45) is 1.15. The molecular weight excluding hydrogens is 231 g/mol. The molecule has 100 valence electrons. The third-order valence-electron chi connectivity index (χ3n) is 3.14. The zero-order chi connectivity index (χ0) is 12.8. The van der Waals surface area contributed by atoms with Gasteiger partial charge in [-0.2, -0.15) is 0 Å². The van der Waals surface area contributed by atoms with Crippen molar-refractivity contribution in [2.45, 2.75) is 19.9 Å². The number of nitrogens with one attached hydrogen (secondary N) is 1. The van der Waals surface area contributed by atoms with Crippen LogP contribution < -0.4 is 10.1 Å². The van der Waals surface area contributed by atoms with E-state index in [9.17, 15) is 4.39 Å². The number of rotatable bonds is 4. The van der Waals surface area contributed by atoms with Gasteiger partial charge in [-0.1, -0.05) is 6.07 Å². The molecule has 1 aromatic carbocycles. The van der Waals surface area contributed by atoms with E-state index in [2.05, 4.69) is 10.2 Å². The van der Waals surface area contributed by atoms with E-state index in [1.807, 2.05) is 13.0 Å². The highest BCUT2D eigenvalue weighted by Crippen LogP contribution is 2.19. The molecule has 1 saturated heterocycles. The number of nitrogens with zero attached hydrogens (tertiary/aromatic N) is 1. The summed E-state index contributed by atoms with van der Waals surface area (Å²) in [6, 6.07) is 5.26. The third-order valence-corrected chi connectivity index (χ3v) is 3.14. The first kappa shape index (κ1) is 13.3. The molecule has 0 atom stereocenters. The molecule has 1 heterocycles. The lowest BCUT2D eigenvalue weighted by atomic mass is 10.2. The van der Waals surface area contributed by atoms with Crippen molar-refractivity contribution in [2.75, 3.05) is 32.8 Å². The molecule has 0 aliphatic carbocycles. The molecule has 0 amide bonds. The van der Waals surface area contributed by atoms with E-state index in [4.69, 9.17) is 4.74 Å². The van der Waals surface area contributed by atoms with E-state index in [1.165, 1.54) is 0 Å². The van der Waals surface area contributed by atoms with Crippen molar-refractivity contribution >= 4 is 0 Å². The smallest absolute Gasteiger partial charge is 0.165 e. The molecule has 1 aliphatic rings. The summed E-state index contributed by atoms with van der Waals surface area (Å²) in [6.45, 7) is 7.35. The Kier molecular flexibility index (Phi) is 4.96. The van der Waals surface area contributed by atoms with E-state index in [0.717, 1.165) is 44.7 Å². The summed E-state index contributed by atoms with van der Waals surface area (Å²) in [5.41, 5.74) is 1.01. The minimum atomic E-state index is -0.262. The lowest BCUT2D eigenvalue weighted by Gasteiger charge is -2.19. The van der Waals surface area contributed by atoms with Crippen LogP contribution in [0.15, 0.2) is 18.2 Å². The van der Waals surface area contributed by atoms with E-state index in [0.29, 0.717) is 12.4 Å². The molecule has 3 nitrogen and oxygen atoms in total. The van der Waals surface area contributed by atoms with Crippen molar-refractivity contribution in [3.8, 4) is 5.75 Å². The fourth-order valence-electron chi connectivity index (χ4n) is 2.23. The van der Waals surface area contributed by atoms with Crippen molar-refractivity contribution in [1.82, 2.24) is 10.2 Å². The number of hydrogen-bond acceptors (Lipinski definition) is 3.